The van der Waals surface area contributed by atoms with Gasteiger partial charge in [0.15, 0.2) is 0 Å². The first kappa shape index (κ1) is 21.1. The molecule has 1 aliphatic rings. The molecule has 1 aromatic carbocycles. The van der Waals surface area contributed by atoms with Crippen molar-refractivity contribution in [2.75, 3.05) is 38.6 Å². The van der Waals surface area contributed by atoms with Gasteiger partial charge < -0.3 is 14.6 Å². The highest BCUT2D eigenvalue weighted by Gasteiger charge is 2.12. The van der Waals surface area contributed by atoms with Crippen molar-refractivity contribution < 1.29 is 14.6 Å². The molecule has 0 unspecified atom stereocenters. The van der Waals surface area contributed by atoms with Crippen LogP contribution in [0.25, 0.3) is 10.9 Å². The van der Waals surface area contributed by atoms with Crippen molar-refractivity contribution in [2.45, 2.75) is 25.0 Å². The molecule has 1 saturated heterocycles. The molecular formula is C23H27N3O3S. The van der Waals surface area contributed by atoms with Gasteiger partial charge in [-0.25, -0.2) is 0 Å². The second kappa shape index (κ2) is 10.2. The fourth-order valence-corrected chi connectivity index (χ4v) is 4.57. The number of morpholine rings is 1. The zero-order chi connectivity index (χ0) is 20.8. The van der Waals surface area contributed by atoms with Crippen molar-refractivity contribution in [1.29, 1.82) is 0 Å². The van der Waals surface area contributed by atoms with E-state index in [0.717, 1.165) is 66.5 Å². The lowest BCUT2D eigenvalue weighted by molar-refractivity contribution is 0.0410. The Morgan fingerprint density at radius 1 is 1.20 bits per heavy atom. The minimum absolute atomic E-state index is 0.117. The van der Waals surface area contributed by atoms with Crippen LogP contribution >= 0.6 is 11.8 Å². The first-order valence-electron chi connectivity index (χ1n) is 10.2. The van der Waals surface area contributed by atoms with Crippen molar-refractivity contribution in [1.82, 2.24) is 14.9 Å². The van der Waals surface area contributed by atoms with Gasteiger partial charge in [-0.15, -0.1) is 11.8 Å². The molecule has 1 N–H and O–H groups in total. The number of benzene rings is 1. The van der Waals surface area contributed by atoms with E-state index in [2.05, 4.69) is 27.9 Å². The Labute approximate surface area is 181 Å². The van der Waals surface area contributed by atoms with E-state index in [9.17, 15) is 5.11 Å². The molecular weight excluding hydrogens is 398 g/mol. The molecule has 158 valence electrons. The number of fused-ring (bicyclic) bond motifs is 1. The molecule has 0 bridgehead atoms. The smallest absolute Gasteiger partial charge is 0.131 e. The molecule has 30 heavy (non-hydrogen) atoms. The molecule has 0 atom stereocenters. The van der Waals surface area contributed by atoms with Gasteiger partial charge in [-0.2, -0.15) is 0 Å². The van der Waals surface area contributed by atoms with Crippen LogP contribution < -0.4 is 4.74 Å². The summed E-state index contributed by atoms with van der Waals surface area (Å²) in [5.41, 5.74) is 3.50. The second-order valence-corrected chi connectivity index (χ2v) is 8.40. The molecule has 7 heteroatoms. The molecule has 6 nitrogen and oxygen atoms in total. The fourth-order valence-electron chi connectivity index (χ4n) is 3.51. The number of aromatic nitrogens is 2. The van der Waals surface area contributed by atoms with Crippen LogP contribution in [0.5, 0.6) is 5.75 Å². The summed E-state index contributed by atoms with van der Waals surface area (Å²) in [6.45, 7) is 7.14. The zero-order valence-electron chi connectivity index (χ0n) is 17.2. The number of thioether (sulfide) groups is 1. The third kappa shape index (κ3) is 5.10. The maximum Gasteiger partial charge on any atom is 0.131 e. The van der Waals surface area contributed by atoms with E-state index in [1.54, 1.807) is 6.07 Å². The van der Waals surface area contributed by atoms with Crippen LogP contribution in [-0.2, 0) is 18.0 Å². The molecule has 1 fully saturated rings. The van der Waals surface area contributed by atoms with E-state index < -0.39 is 0 Å². The first-order valence-corrected chi connectivity index (χ1v) is 11.2. The van der Waals surface area contributed by atoms with Crippen LogP contribution in [0.1, 0.15) is 17.0 Å². The summed E-state index contributed by atoms with van der Waals surface area (Å²) in [6.07, 6.45) is 1.85. The summed E-state index contributed by atoms with van der Waals surface area (Å²) < 4.78 is 11.6. The minimum Gasteiger partial charge on any atom is -0.487 e. The Bertz CT molecular complexity index is 993. The van der Waals surface area contributed by atoms with E-state index in [1.165, 1.54) is 4.90 Å². The molecule has 3 heterocycles. The number of aliphatic hydroxyl groups excluding tert-OH is 1. The van der Waals surface area contributed by atoms with Crippen molar-refractivity contribution in [2.24, 2.45) is 0 Å². The maximum atomic E-state index is 9.52. The van der Waals surface area contributed by atoms with Crippen molar-refractivity contribution >= 4 is 22.7 Å². The topological polar surface area (TPSA) is 67.7 Å². The summed E-state index contributed by atoms with van der Waals surface area (Å²) in [5.74, 6) is 1.76. The number of para-hydroxylation sites is 1. The molecule has 2 aromatic heterocycles. The Hall–Kier alpha value is -2.19. The van der Waals surface area contributed by atoms with Crippen molar-refractivity contribution in [3.8, 4) is 5.75 Å². The fraction of sp³-hybridized carbons (Fsp3) is 0.391. The van der Waals surface area contributed by atoms with Crippen LogP contribution in [0.3, 0.4) is 0 Å². The number of pyridine rings is 2. The molecule has 0 radical (unpaired) electrons. The molecule has 0 saturated carbocycles. The van der Waals surface area contributed by atoms with Gasteiger partial charge in [-0.3, -0.25) is 14.9 Å². The van der Waals surface area contributed by atoms with Gasteiger partial charge in [-0.1, -0.05) is 12.1 Å². The van der Waals surface area contributed by atoms with Crippen LogP contribution in [0.4, 0.5) is 0 Å². The van der Waals surface area contributed by atoms with Crippen molar-refractivity contribution in [3.05, 3.63) is 59.5 Å². The lowest BCUT2D eigenvalue weighted by Gasteiger charge is -2.26. The Balaban J connectivity index is 1.43. The highest BCUT2D eigenvalue weighted by atomic mass is 32.2. The Kier molecular flexibility index (Phi) is 7.17. The Morgan fingerprint density at radius 3 is 2.87 bits per heavy atom. The number of hydrogen-bond donors (Lipinski definition) is 1. The number of hydrogen-bond acceptors (Lipinski definition) is 7. The van der Waals surface area contributed by atoms with Crippen LogP contribution in [0.2, 0.25) is 0 Å². The number of aliphatic hydroxyl groups is 1. The summed E-state index contributed by atoms with van der Waals surface area (Å²) in [4.78, 5) is 12.7. The lowest BCUT2D eigenvalue weighted by atomic mass is 10.2. The van der Waals surface area contributed by atoms with Crippen LogP contribution in [-0.4, -0.2) is 58.6 Å². The van der Waals surface area contributed by atoms with Gasteiger partial charge in [0.25, 0.3) is 0 Å². The normalized spacial score (nSPS) is 14.9. The van der Waals surface area contributed by atoms with Gasteiger partial charge in [0.1, 0.15) is 12.4 Å². The zero-order valence-corrected chi connectivity index (χ0v) is 18.0. The lowest BCUT2D eigenvalue weighted by Crippen LogP contribution is -2.37. The van der Waals surface area contributed by atoms with Crippen LogP contribution in [0.15, 0.2) is 47.5 Å². The Morgan fingerprint density at radius 2 is 2.03 bits per heavy atom. The molecule has 0 amide bonds. The third-order valence-corrected chi connectivity index (χ3v) is 6.43. The summed E-state index contributed by atoms with van der Waals surface area (Å²) in [7, 11) is 0. The van der Waals surface area contributed by atoms with Gasteiger partial charge in [0, 0.05) is 47.9 Å². The predicted molar refractivity (Wildman–Crippen MR) is 119 cm³/mol. The molecule has 3 aromatic rings. The number of ether oxygens (including phenoxy) is 2. The summed E-state index contributed by atoms with van der Waals surface area (Å²) >= 11 is 1.86. The van der Waals surface area contributed by atoms with E-state index in [4.69, 9.17) is 9.47 Å². The molecule has 0 spiro atoms. The van der Waals surface area contributed by atoms with E-state index in [0.29, 0.717) is 12.3 Å². The minimum atomic E-state index is -0.117. The molecule has 1 aliphatic heterocycles. The van der Waals surface area contributed by atoms with E-state index in [1.807, 2.05) is 42.2 Å². The highest BCUT2D eigenvalue weighted by Crippen LogP contribution is 2.28. The number of rotatable bonds is 8. The average molecular weight is 426 g/mol. The first-order chi connectivity index (χ1) is 14.7. The SMILES string of the molecule is Cc1c(SCCN2CCOCC2)ccnc1COc1cc(CO)nc2ccccc12. The molecule has 4 rings (SSSR count). The highest BCUT2D eigenvalue weighted by molar-refractivity contribution is 7.99. The van der Waals surface area contributed by atoms with Crippen molar-refractivity contribution in [3.63, 3.8) is 0 Å². The predicted octanol–water partition coefficient (Wildman–Crippen LogP) is 3.43. The average Bonchev–Trinajstić information content (AvgIpc) is 2.79. The van der Waals surface area contributed by atoms with Gasteiger partial charge in [0.2, 0.25) is 0 Å². The quantitative estimate of drug-likeness (QED) is 0.555. The summed E-state index contributed by atoms with van der Waals surface area (Å²) in [6, 6.07) is 11.7. The maximum absolute atomic E-state index is 9.52. The second-order valence-electron chi connectivity index (χ2n) is 7.26. The molecule has 0 aliphatic carbocycles. The van der Waals surface area contributed by atoms with E-state index >= 15 is 0 Å². The standard InChI is InChI=1S/C23H27N3O3S/c1-17-21(24-7-6-23(17)30-13-10-26-8-11-28-12-9-26)16-29-22-14-18(15-27)25-20-5-3-2-4-19(20)22/h2-7,14,27H,8-13,15-16H2,1H3. The monoisotopic (exact) mass is 425 g/mol. The third-order valence-electron chi connectivity index (χ3n) is 5.29. The van der Waals surface area contributed by atoms with Crippen LogP contribution in [0, 0.1) is 6.92 Å². The summed E-state index contributed by atoms with van der Waals surface area (Å²) in [5, 5.41) is 10.5. The largest absolute Gasteiger partial charge is 0.487 e. The van der Waals surface area contributed by atoms with Gasteiger partial charge >= 0.3 is 0 Å². The van der Waals surface area contributed by atoms with Gasteiger partial charge in [0.05, 0.1) is 36.7 Å². The van der Waals surface area contributed by atoms with Gasteiger partial charge in [-0.05, 0) is 30.7 Å². The number of nitrogens with zero attached hydrogens (tertiary/aromatic N) is 3. The van der Waals surface area contributed by atoms with E-state index in [-0.39, 0.29) is 6.61 Å².